The third-order valence-electron chi connectivity index (χ3n) is 2.56. The van der Waals surface area contributed by atoms with Crippen LogP contribution in [0.4, 0.5) is 0 Å². The van der Waals surface area contributed by atoms with Gasteiger partial charge in [-0.3, -0.25) is 9.59 Å². The van der Waals surface area contributed by atoms with E-state index in [1.165, 1.54) is 0 Å². The molecule has 0 aromatic carbocycles. The van der Waals surface area contributed by atoms with Crippen LogP contribution in [0.2, 0.25) is 0 Å². The molecule has 0 saturated carbocycles. The molecule has 3 heteroatoms. The van der Waals surface area contributed by atoms with Crippen LogP contribution in [0, 0.1) is 5.92 Å². The van der Waals surface area contributed by atoms with Gasteiger partial charge in [-0.05, 0) is 45.6 Å². The Labute approximate surface area is 117 Å². The summed E-state index contributed by atoms with van der Waals surface area (Å²) >= 11 is 0. The molecule has 3 nitrogen and oxygen atoms in total. The Morgan fingerprint density at radius 3 is 2.26 bits per heavy atom. The summed E-state index contributed by atoms with van der Waals surface area (Å²) in [6.45, 7) is 9.64. The zero-order chi connectivity index (χ0) is 14.9. The van der Waals surface area contributed by atoms with E-state index in [9.17, 15) is 9.59 Å². The molecular formula is C16H28O3. The van der Waals surface area contributed by atoms with Crippen LogP contribution in [0.5, 0.6) is 0 Å². The lowest BCUT2D eigenvalue weighted by molar-refractivity contribution is -0.155. The second-order valence-electron chi connectivity index (χ2n) is 5.91. The number of carbonyl (C=O) groups is 2. The van der Waals surface area contributed by atoms with E-state index >= 15 is 0 Å². The molecule has 0 bridgehead atoms. The van der Waals surface area contributed by atoms with Gasteiger partial charge in [0, 0.05) is 6.42 Å². The quantitative estimate of drug-likeness (QED) is 0.492. The van der Waals surface area contributed by atoms with Crippen LogP contribution in [0.1, 0.15) is 66.7 Å². The van der Waals surface area contributed by atoms with Crippen LogP contribution < -0.4 is 0 Å². The predicted molar refractivity (Wildman–Crippen MR) is 77.9 cm³/mol. The Morgan fingerprint density at radius 1 is 1.16 bits per heavy atom. The monoisotopic (exact) mass is 268 g/mol. The number of hydrogen-bond acceptors (Lipinski definition) is 3. The molecule has 0 saturated heterocycles. The lowest BCUT2D eigenvalue weighted by Crippen LogP contribution is -2.25. The Bertz CT molecular complexity index is 310. The van der Waals surface area contributed by atoms with E-state index < -0.39 is 5.60 Å². The summed E-state index contributed by atoms with van der Waals surface area (Å²) in [7, 11) is 0. The Balaban J connectivity index is 4.40. The summed E-state index contributed by atoms with van der Waals surface area (Å²) in [5, 5.41) is 0. The van der Waals surface area contributed by atoms with Gasteiger partial charge < -0.3 is 4.74 Å². The smallest absolute Gasteiger partial charge is 0.306 e. The van der Waals surface area contributed by atoms with Crippen molar-refractivity contribution in [2.24, 2.45) is 5.92 Å². The van der Waals surface area contributed by atoms with Gasteiger partial charge >= 0.3 is 5.97 Å². The van der Waals surface area contributed by atoms with Crippen molar-refractivity contribution in [1.29, 1.82) is 0 Å². The van der Waals surface area contributed by atoms with Crippen molar-refractivity contribution in [1.82, 2.24) is 0 Å². The van der Waals surface area contributed by atoms with Gasteiger partial charge in [-0.2, -0.15) is 0 Å². The van der Waals surface area contributed by atoms with Gasteiger partial charge in [0.05, 0.1) is 6.42 Å². The van der Waals surface area contributed by atoms with Crippen molar-refractivity contribution in [3.63, 3.8) is 0 Å². The topological polar surface area (TPSA) is 43.4 Å². The Kier molecular flexibility index (Phi) is 8.37. The molecule has 0 rings (SSSR count). The minimum atomic E-state index is -0.449. The molecule has 0 fully saturated rings. The molecule has 0 heterocycles. The first-order valence-electron chi connectivity index (χ1n) is 7.21. The van der Waals surface area contributed by atoms with Crippen molar-refractivity contribution in [3.05, 3.63) is 12.2 Å². The van der Waals surface area contributed by atoms with Gasteiger partial charge in [-0.1, -0.05) is 26.3 Å². The molecule has 0 aliphatic heterocycles. The molecule has 19 heavy (non-hydrogen) atoms. The highest BCUT2D eigenvalue weighted by Crippen LogP contribution is 2.17. The molecule has 0 spiro atoms. The molecular weight excluding hydrogens is 240 g/mol. The molecule has 0 amide bonds. The van der Waals surface area contributed by atoms with Crippen LogP contribution in [-0.4, -0.2) is 17.4 Å². The Morgan fingerprint density at radius 2 is 1.79 bits per heavy atom. The molecule has 1 unspecified atom stereocenters. The molecule has 0 aliphatic rings. The minimum Gasteiger partial charge on any atom is -0.460 e. The number of allylic oxidation sites excluding steroid dienone is 2. The second kappa shape index (κ2) is 8.89. The molecule has 0 aromatic rings. The number of ketones is 1. The average Bonchev–Trinajstić information content (AvgIpc) is 2.24. The maximum absolute atomic E-state index is 11.8. The molecule has 0 aromatic heterocycles. The summed E-state index contributed by atoms with van der Waals surface area (Å²) in [5.74, 6) is 0.0342. The van der Waals surface area contributed by atoms with E-state index in [4.69, 9.17) is 4.74 Å². The first kappa shape index (κ1) is 17.9. The predicted octanol–water partition coefficient (Wildman–Crippen LogP) is 4.06. The summed E-state index contributed by atoms with van der Waals surface area (Å²) in [4.78, 5) is 23.2. The number of esters is 1. The van der Waals surface area contributed by atoms with Crippen molar-refractivity contribution in [2.75, 3.05) is 0 Å². The number of carbonyl (C=O) groups excluding carboxylic acids is 2. The van der Waals surface area contributed by atoms with Crippen molar-refractivity contribution in [2.45, 2.75) is 72.3 Å². The summed E-state index contributed by atoms with van der Waals surface area (Å²) in [6.07, 6.45) is 7.14. The van der Waals surface area contributed by atoms with Crippen LogP contribution >= 0.6 is 0 Å². The summed E-state index contributed by atoms with van der Waals surface area (Å²) in [5.41, 5.74) is -0.449. The molecule has 110 valence electrons. The fourth-order valence-corrected chi connectivity index (χ4v) is 1.81. The second-order valence-corrected chi connectivity index (χ2v) is 5.91. The van der Waals surface area contributed by atoms with Gasteiger partial charge in [0.2, 0.25) is 0 Å². The first-order chi connectivity index (χ1) is 8.78. The number of rotatable bonds is 8. The lowest BCUT2D eigenvalue weighted by Gasteiger charge is -2.21. The SMILES string of the molecule is CCCC(=O)C=CC(CCC)CC(=O)OC(C)(C)C. The fraction of sp³-hybridized carbons (Fsp3) is 0.750. The molecule has 0 aliphatic carbocycles. The standard InChI is InChI=1S/C16H28O3/c1-6-8-13(10-11-14(17)9-7-2)12-15(18)19-16(3,4)5/h10-11,13H,6-9,12H2,1-5H3. The Hall–Kier alpha value is -1.12. The van der Waals surface area contributed by atoms with E-state index in [1.807, 2.05) is 33.8 Å². The molecule has 1 atom stereocenters. The fourth-order valence-electron chi connectivity index (χ4n) is 1.81. The maximum Gasteiger partial charge on any atom is 0.306 e. The zero-order valence-electron chi connectivity index (χ0n) is 13.0. The van der Waals surface area contributed by atoms with Crippen molar-refractivity contribution < 1.29 is 14.3 Å². The zero-order valence-corrected chi connectivity index (χ0v) is 13.0. The van der Waals surface area contributed by atoms with Crippen LogP contribution in [0.3, 0.4) is 0 Å². The van der Waals surface area contributed by atoms with Gasteiger partial charge in [0.15, 0.2) is 5.78 Å². The van der Waals surface area contributed by atoms with E-state index in [0.29, 0.717) is 12.8 Å². The summed E-state index contributed by atoms with van der Waals surface area (Å²) in [6, 6.07) is 0. The largest absolute Gasteiger partial charge is 0.460 e. The highest BCUT2D eigenvalue weighted by Gasteiger charge is 2.19. The van der Waals surface area contributed by atoms with E-state index in [0.717, 1.165) is 19.3 Å². The van der Waals surface area contributed by atoms with E-state index in [1.54, 1.807) is 6.08 Å². The minimum absolute atomic E-state index is 0.0978. The highest BCUT2D eigenvalue weighted by atomic mass is 16.6. The van der Waals surface area contributed by atoms with Crippen LogP contribution in [0.15, 0.2) is 12.2 Å². The third-order valence-corrected chi connectivity index (χ3v) is 2.56. The van der Waals surface area contributed by atoms with Gasteiger partial charge in [-0.25, -0.2) is 0 Å². The van der Waals surface area contributed by atoms with E-state index in [2.05, 4.69) is 6.92 Å². The number of ether oxygens (including phenoxy) is 1. The van der Waals surface area contributed by atoms with Crippen molar-refractivity contribution >= 4 is 11.8 Å². The third kappa shape index (κ3) is 10.5. The molecule has 0 radical (unpaired) electrons. The average molecular weight is 268 g/mol. The van der Waals surface area contributed by atoms with Crippen LogP contribution in [0.25, 0.3) is 0 Å². The number of hydrogen-bond donors (Lipinski definition) is 0. The first-order valence-corrected chi connectivity index (χ1v) is 7.21. The summed E-state index contributed by atoms with van der Waals surface area (Å²) < 4.78 is 5.31. The molecule has 0 N–H and O–H groups in total. The van der Waals surface area contributed by atoms with Crippen LogP contribution in [-0.2, 0) is 14.3 Å². The van der Waals surface area contributed by atoms with Crippen molar-refractivity contribution in [3.8, 4) is 0 Å². The van der Waals surface area contributed by atoms with Gasteiger partial charge in [-0.15, -0.1) is 0 Å². The maximum atomic E-state index is 11.8. The van der Waals surface area contributed by atoms with Gasteiger partial charge in [0.1, 0.15) is 5.60 Å². The lowest BCUT2D eigenvalue weighted by atomic mass is 9.98. The normalized spacial score (nSPS) is 13.5. The van der Waals surface area contributed by atoms with Gasteiger partial charge in [0.25, 0.3) is 0 Å². The highest BCUT2D eigenvalue weighted by molar-refractivity contribution is 5.89. The van der Waals surface area contributed by atoms with E-state index in [-0.39, 0.29) is 17.7 Å².